The third-order valence-corrected chi connectivity index (χ3v) is 9.19. The van der Waals surface area contributed by atoms with Crippen LogP contribution in [0.25, 0.3) is 0 Å². The van der Waals surface area contributed by atoms with Crippen LogP contribution in [0.3, 0.4) is 0 Å². The van der Waals surface area contributed by atoms with Gasteiger partial charge in [-0.05, 0) is 74.2 Å². The van der Waals surface area contributed by atoms with Crippen LogP contribution in [-0.4, -0.2) is 41.2 Å². The van der Waals surface area contributed by atoms with E-state index in [0.29, 0.717) is 31.8 Å². The lowest BCUT2D eigenvalue weighted by molar-refractivity contribution is -0.211. The number of ketones is 1. The van der Waals surface area contributed by atoms with Gasteiger partial charge in [-0.25, -0.2) is 4.79 Å². The maximum atomic E-state index is 13.2. The Hall–Kier alpha value is -0.910. The van der Waals surface area contributed by atoms with E-state index in [-0.39, 0.29) is 35.1 Å². The molecule has 5 nitrogen and oxygen atoms in total. The predicted octanol–water partition coefficient (Wildman–Crippen LogP) is 4.39. The summed E-state index contributed by atoms with van der Waals surface area (Å²) in [5, 5.41) is 11.5. The molecule has 4 aliphatic rings. The number of alkyl halides is 1. The van der Waals surface area contributed by atoms with Crippen molar-refractivity contribution in [2.75, 3.05) is 12.7 Å². The third-order valence-electron chi connectivity index (χ3n) is 9.08. The molecule has 4 rings (SSSR count). The Kier molecular flexibility index (Phi) is 5.87. The van der Waals surface area contributed by atoms with Gasteiger partial charge in [0, 0.05) is 18.4 Å². The molecule has 0 saturated heterocycles. The zero-order valence-electron chi connectivity index (χ0n) is 18.4. The maximum Gasteiger partial charge on any atom is 0.340 e. The number of ether oxygens (including phenoxy) is 2. The first-order chi connectivity index (χ1) is 14.2. The number of aliphatic hydroxyl groups excluding tert-OH is 1. The number of aliphatic hydroxyl groups is 1. The lowest BCUT2D eigenvalue weighted by atomic mass is 9.45. The van der Waals surface area contributed by atoms with Crippen LogP contribution < -0.4 is 0 Å². The van der Waals surface area contributed by atoms with Gasteiger partial charge in [-0.1, -0.05) is 37.9 Å². The molecule has 0 amide bonds. The van der Waals surface area contributed by atoms with Crippen molar-refractivity contribution in [3.8, 4) is 0 Å². The van der Waals surface area contributed by atoms with Crippen molar-refractivity contribution >= 4 is 23.4 Å². The van der Waals surface area contributed by atoms with Crippen molar-refractivity contribution in [3.05, 3.63) is 11.6 Å². The van der Waals surface area contributed by atoms with Crippen molar-refractivity contribution < 1.29 is 24.2 Å². The molecule has 6 heteroatoms. The molecule has 30 heavy (non-hydrogen) atoms. The second-order valence-corrected chi connectivity index (χ2v) is 10.6. The van der Waals surface area contributed by atoms with E-state index in [0.717, 1.165) is 32.1 Å². The first-order valence-corrected chi connectivity index (χ1v) is 12.1. The van der Waals surface area contributed by atoms with Gasteiger partial charge in [0.2, 0.25) is 0 Å². The van der Waals surface area contributed by atoms with Crippen molar-refractivity contribution in [1.82, 2.24) is 0 Å². The molecule has 0 aromatic heterocycles. The normalized spacial score (nSPS) is 45.2. The molecule has 0 radical (unpaired) electrons. The summed E-state index contributed by atoms with van der Waals surface area (Å²) >= 11 is 5.76. The smallest absolute Gasteiger partial charge is 0.340 e. The third kappa shape index (κ3) is 3.02. The van der Waals surface area contributed by atoms with Crippen LogP contribution in [0.2, 0.25) is 0 Å². The van der Waals surface area contributed by atoms with Gasteiger partial charge >= 0.3 is 5.97 Å². The van der Waals surface area contributed by atoms with E-state index in [1.807, 2.05) is 13.0 Å². The summed E-state index contributed by atoms with van der Waals surface area (Å²) in [6, 6.07) is -0.189. The largest absolute Gasteiger partial charge is 0.447 e. The average Bonchev–Trinajstić information content (AvgIpc) is 2.99. The molecule has 168 valence electrons. The highest BCUT2D eigenvalue weighted by atomic mass is 35.5. The number of hydrogen-bond donors (Lipinski definition) is 1. The Morgan fingerprint density at radius 2 is 2.03 bits per heavy atom. The van der Waals surface area contributed by atoms with Crippen molar-refractivity contribution in [2.45, 2.75) is 83.8 Å². The Morgan fingerprint density at radius 3 is 2.73 bits per heavy atom. The average molecular weight is 439 g/mol. The summed E-state index contributed by atoms with van der Waals surface area (Å²) in [6.07, 6.45) is 7.35. The van der Waals surface area contributed by atoms with Crippen LogP contribution in [0, 0.1) is 28.6 Å². The van der Waals surface area contributed by atoms with Gasteiger partial charge in [0.25, 0.3) is 0 Å². The van der Waals surface area contributed by atoms with Gasteiger partial charge in [0.05, 0.1) is 6.10 Å². The number of allylic oxidation sites excluding steroid dienone is 1. The van der Waals surface area contributed by atoms with Gasteiger partial charge < -0.3 is 14.6 Å². The fourth-order valence-corrected chi connectivity index (χ4v) is 7.85. The summed E-state index contributed by atoms with van der Waals surface area (Å²) < 4.78 is 11.6. The number of fused-ring (bicyclic) bond motifs is 5. The molecule has 0 spiro atoms. The number of esters is 1. The summed E-state index contributed by atoms with van der Waals surface area (Å²) in [5.74, 6) is 0.543. The second kappa shape index (κ2) is 7.90. The van der Waals surface area contributed by atoms with E-state index in [1.54, 1.807) is 0 Å². The fraction of sp³-hybridized carbons (Fsp3) is 0.833. The van der Waals surface area contributed by atoms with Gasteiger partial charge in [-0.2, -0.15) is 0 Å². The lowest BCUT2D eigenvalue weighted by Crippen LogP contribution is -2.62. The SMILES string of the molecule is CCCOC1(C(=O)OCCl)CC[C@H]2[C@@H]3CCC4=CC(=O)CC[C@]4(C)[C@@H]3C(O)C[C@@]21C. The molecule has 4 aliphatic carbocycles. The Balaban J connectivity index is 1.72. The molecule has 7 atom stereocenters. The van der Waals surface area contributed by atoms with Crippen LogP contribution in [-0.2, 0) is 19.1 Å². The van der Waals surface area contributed by atoms with E-state index < -0.39 is 17.1 Å². The molecule has 0 heterocycles. The quantitative estimate of drug-likeness (QED) is 0.509. The van der Waals surface area contributed by atoms with Crippen LogP contribution in [0.4, 0.5) is 0 Å². The molecule has 0 aromatic carbocycles. The highest BCUT2D eigenvalue weighted by Crippen LogP contribution is 2.68. The van der Waals surface area contributed by atoms with Crippen LogP contribution in [0.15, 0.2) is 11.6 Å². The van der Waals surface area contributed by atoms with Crippen LogP contribution in [0.5, 0.6) is 0 Å². The van der Waals surface area contributed by atoms with Crippen LogP contribution >= 0.6 is 11.6 Å². The molecular weight excluding hydrogens is 404 g/mol. The first kappa shape index (κ1) is 22.3. The highest BCUT2D eigenvalue weighted by Gasteiger charge is 2.70. The van der Waals surface area contributed by atoms with Gasteiger partial charge in [0.15, 0.2) is 17.5 Å². The topological polar surface area (TPSA) is 72.8 Å². The summed E-state index contributed by atoms with van der Waals surface area (Å²) in [6.45, 7) is 6.87. The van der Waals surface area contributed by atoms with Crippen molar-refractivity contribution in [1.29, 1.82) is 0 Å². The molecule has 1 N–H and O–H groups in total. The summed E-state index contributed by atoms with van der Waals surface area (Å²) in [5.41, 5.74) is -0.457. The Labute approximate surface area is 184 Å². The van der Waals surface area contributed by atoms with Gasteiger partial charge in [-0.3, -0.25) is 4.79 Å². The van der Waals surface area contributed by atoms with Gasteiger partial charge in [-0.15, -0.1) is 0 Å². The number of hydrogen-bond acceptors (Lipinski definition) is 5. The number of halogens is 1. The van der Waals surface area contributed by atoms with Crippen molar-refractivity contribution in [3.63, 3.8) is 0 Å². The molecule has 3 fully saturated rings. The first-order valence-electron chi connectivity index (χ1n) is 11.5. The van der Waals surface area contributed by atoms with E-state index in [1.165, 1.54) is 5.57 Å². The zero-order chi connectivity index (χ0) is 21.7. The lowest BCUT2D eigenvalue weighted by Gasteiger charge is -2.60. The van der Waals surface area contributed by atoms with E-state index >= 15 is 0 Å². The summed E-state index contributed by atoms with van der Waals surface area (Å²) in [4.78, 5) is 25.2. The maximum absolute atomic E-state index is 13.2. The monoisotopic (exact) mass is 438 g/mol. The standard InChI is InChI=1S/C24H35ClO5/c1-4-11-30-24(21(28)29-14-25)10-8-18-17-6-5-15-12-16(26)7-9-22(15,2)20(17)19(27)13-23(18,24)3/h12,17-20,27H,4-11,13-14H2,1-3H3/t17-,18-,19?,20-,22-,23-,24?/m0/s1. The van der Waals surface area contributed by atoms with E-state index in [9.17, 15) is 14.7 Å². The molecule has 2 unspecified atom stereocenters. The fourth-order valence-electron chi connectivity index (χ4n) is 7.75. The zero-order valence-corrected chi connectivity index (χ0v) is 19.2. The Morgan fingerprint density at radius 1 is 1.27 bits per heavy atom. The minimum absolute atomic E-state index is 0.120. The minimum Gasteiger partial charge on any atom is -0.447 e. The van der Waals surface area contributed by atoms with Crippen molar-refractivity contribution in [2.24, 2.45) is 28.6 Å². The molecular formula is C24H35ClO5. The number of carbonyl (C=O) groups is 2. The van der Waals surface area contributed by atoms with E-state index in [4.69, 9.17) is 21.1 Å². The van der Waals surface area contributed by atoms with Gasteiger partial charge in [0.1, 0.15) is 0 Å². The second-order valence-electron chi connectivity index (χ2n) is 10.3. The van der Waals surface area contributed by atoms with E-state index in [2.05, 4.69) is 13.8 Å². The molecule has 3 saturated carbocycles. The van der Waals surface area contributed by atoms with Crippen LogP contribution in [0.1, 0.15) is 72.1 Å². The highest BCUT2D eigenvalue weighted by molar-refractivity contribution is 6.17. The number of rotatable bonds is 5. The predicted molar refractivity (Wildman–Crippen MR) is 114 cm³/mol. The molecule has 0 aromatic rings. The number of carbonyl (C=O) groups excluding carboxylic acids is 2. The summed E-state index contributed by atoms with van der Waals surface area (Å²) in [7, 11) is 0. The minimum atomic E-state index is -1.05. The molecule has 0 bridgehead atoms. The Bertz CT molecular complexity index is 750. The molecule has 0 aliphatic heterocycles.